The topological polar surface area (TPSA) is 26.0 Å². The van der Waals surface area contributed by atoms with Crippen molar-refractivity contribution in [1.82, 2.24) is 0 Å². The molecule has 2 heteroatoms. The molecule has 0 radical (unpaired) electrons. The van der Waals surface area contributed by atoms with Gasteiger partial charge in [-0.25, -0.2) is 0 Å². The Bertz CT molecular complexity index is 265. The molecule has 0 amide bonds. The van der Waals surface area contributed by atoms with Crippen LogP contribution in [0.25, 0.3) is 0 Å². The van der Waals surface area contributed by atoms with E-state index in [1.165, 1.54) is 29.7 Å². The van der Waals surface area contributed by atoms with Gasteiger partial charge in [0.1, 0.15) is 0 Å². The van der Waals surface area contributed by atoms with Gasteiger partial charge in [-0.05, 0) is 30.7 Å². The van der Waals surface area contributed by atoms with Gasteiger partial charge in [0.2, 0.25) is 0 Å². The molecule has 1 aromatic rings. The van der Waals surface area contributed by atoms with E-state index in [2.05, 4.69) is 12.3 Å². The summed E-state index contributed by atoms with van der Waals surface area (Å²) in [6.07, 6.45) is 3.83. The Kier molecular flexibility index (Phi) is 1.64. The lowest BCUT2D eigenvalue weighted by Gasteiger charge is -2.06. The maximum absolute atomic E-state index is 5.87. The van der Waals surface area contributed by atoms with E-state index in [-0.39, 0.29) is 0 Å². The lowest BCUT2D eigenvalue weighted by atomic mass is 10.0. The van der Waals surface area contributed by atoms with Crippen LogP contribution in [0, 0.1) is 0 Å². The second kappa shape index (κ2) is 2.52. The fourth-order valence-electron chi connectivity index (χ4n) is 1.94. The third-order valence-corrected chi connectivity index (χ3v) is 3.64. The first-order chi connectivity index (χ1) is 5.33. The van der Waals surface area contributed by atoms with Crippen LogP contribution in [0.15, 0.2) is 5.38 Å². The largest absolute Gasteiger partial charge is 0.398 e. The van der Waals surface area contributed by atoms with E-state index in [1.54, 1.807) is 0 Å². The van der Waals surface area contributed by atoms with Crippen LogP contribution in [-0.2, 0) is 6.42 Å². The third-order valence-electron chi connectivity index (χ3n) is 2.56. The van der Waals surface area contributed by atoms with Crippen LogP contribution in [0.4, 0.5) is 5.69 Å². The molecule has 2 rings (SSSR count). The molecule has 0 saturated carbocycles. The smallest absolute Gasteiger partial charge is 0.0461 e. The first-order valence-electron chi connectivity index (χ1n) is 4.18. The van der Waals surface area contributed by atoms with Crippen molar-refractivity contribution in [3.05, 3.63) is 15.8 Å². The fraction of sp³-hybridized carbons (Fsp3) is 0.556. The maximum atomic E-state index is 5.87. The van der Waals surface area contributed by atoms with Gasteiger partial charge in [-0.15, -0.1) is 11.3 Å². The number of thiophene rings is 1. The normalized spacial score (nSPS) is 22.1. The van der Waals surface area contributed by atoms with Crippen molar-refractivity contribution >= 4 is 17.0 Å². The number of hydrogen-bond donors (Lipinski definition) is 1. The molecule has 0 bridgehead atoms. The van der Waals surface area contributed by atoms with Crippen molar-refractivity contribution in [3.63, 3.8) is 0 Å². The van der Waals surface area contributed by atoms with E-state index in [0.29, 0.717) is 0 Å². The Hall–Kier alpha value is -0.500. The van der Waals surface area contributed by atoms with E-state index in [0.717, 1.165) is 11.6 Å². The molecule has 0 spiro atoms. The average Bonchev–Trinajstić information content (AvgIpc) is 2.54. The number of nitrogens with two attached hydrogens (primary N) is 1. The number of anilines is 1. The van der Waals surface area contributed by atoms with Crippen LogP contribution in [0.2, 0.25) is 0 Å². The Labute approximate surface area is 71.2 Å². The molecule has 1 aromatic heterocycles. The predicted molar refractivity (Wildman–Crippen MR) is 50.1 cm³/mol. The van der Waals surface area contributed by atoms with E-state index in [1.807, 2.05) is 11.3 Å². The minimum Gasteiger partial charge on any atom is -0.398 e. The van der Waals surface area contributed by atoms with Crippen molar-refractivity contribution in [2.24, 2.45) is 0 Å². The molecule has 2 N–H and O–H groups in total. The van der Waals surface area contributed by atoms with Gasteiger partial charge < -0.3 is 5.73 Å². The van der Waals surface area contributed by atoms with Gasteiger partial charge in [0.25, 0.3) is 0 Å². The van der Waals surface area contributed by atoms with Crippen LogP contribution >= 0.6 is 11.3 Å². The van der Waals surface area contributed by atoms with Crippen molar-refractivity contribution in [1.29, 1.82) is 0 Å². The summed E-state index contributed by atoms with van der Waals surface area (Å²) in [5, 5.41) is 2.09. The molecule has 1 unspecified atom stereocenters. The molecule has 0 aromatic carbocycles. The second-order valence-electron chi connectivity index (χ2n) is 3.17. The number of aryl methyl sites for hydroxylation is 1. The standard InChI is InChI=1S/C9H13NS/c1-2-6-3-4-8-9(6)7(10)5-11-8/h5-6H,2-4,10H2,1H3. The number of hydrogen-bond acceptors (Lipinski definition) is 2. The van der Waals surface area contributed by atoms with E-state index in [4.69, 9.17) is 5.73 Å². The summed E-state index contributed by atoms with van der Waals surface area (Å²) < 4.78 is 0. The van der Waals surface area contributed by atoms with Crippen molar-refractivity contribution in [2.75, 3.05) is 5.73 Å². The van der Waals surface area contributed by atoms with Gasteiger partial charge in [-0.3, -0.25) is 0 Å². The molecular weight excluding hydrogens is 154 g/mol. The Balaban J connectivity index is 2.42. The fourth-order valence-corrected chi connectivity index (χ4v) is 2.98. The highest BCUT2D eigenvalue weighted by atomic mass is 32.1. The lowest BCUT2D eigenvalue weighted by Crippen LogP contribution is -1.94. The van der Waals surface area contributed by atoms with Gasteiger partial charge in [-0.1, -0.05) is 6.92 Å². The van der Waals surface area contributed by atoms with Crippen LogP contribution in [0.5, 0.6) is 0 Å². The van der Waals surface area contributed by atoms with E-state index < -0.39 is 0 Å². The van der Waals surface area contributed by atoms with E-state index >= 15 is 0 Å². The summed E-state index contributed by atoms with van der Waals surface area (Å²) >= 11 is 1.83. The maximum Gasteiger partial charge on any atom is 0.0461 e. The van der Waals surface area contributed by atoms with Crippen LogP contribution in [0.1, 0.15) is 36.1 Å². The zero-order chi connectivity index (χ0) is 7.84. The highest BCUT2D eigenvalue weighted by Crippen LogP contribution is 2.42. The van der Waals surface area contributed by atoms with Crippen molar-refractivity contribution in [2.45, 2.75) is 32.1 Å². The summed E-state index contributed by atoms with van der Waals surface area (Å²) in [6, 6.07) is 0. The number of rotatable bonds is 1. The predicted octanol–water partition coefficient (Wildman–Crippen LogP) is 2.77. The molecule has 1 nitrogen and oxygen atoms in total. The molecule has 60 valence electrons. The van der Waals surface area contributed by atoms with Gasteiger partial charge in [0.15, 0.2) is 0 Å². The van der Waals surface area contributed by atoms with Crippen LogP contribution in [-0.4, -0.2) is 0 Å². The van der Waals surface area contributed by atoms with Gasteiger partial charge in [0.05, 0.1) is 0 Å². The summed E-state index contributed by atoms with van der Waals surface area (Å²) in [5.74, 6) is 0.760. The highest BCUT2D eigenvalue weighted by Gasteiger charge is 2.24. The summed E-state index contributed by atoms with van der Waals surface area (Å²) in [6.45, 7) is 2.25. The third kappa shape index (κ3) is 0.968. The summed E-state index contributed by atoms with van der Waals surface area (Å²) in [4.78, 5) is 1.54. The van der Waals surface area contributed by atoms with Crippen molar-refractivity contribution in [3.8, 4) is 0 Å². The quantitative estimate of drug-likeness (QED) is 0.684. The zero-order valence-electron chi connectivity index (χ0n) is 6.76. The molecule has 0 saturated heterocycles. The van der Waals surface area contributed by atoms with Gasteiger partial charge >= 0.3 is 0 Å². The highest BCUT2D eigenvalue weighted by molar-refractivity contribution is 7.10. The zero-order valence-corrected chi connectivity index (χ0v) is 7.58. The SMILES string of the molecule is CCC1CCc2scc(N)c21. The van der Waals surface area contributed by atoms with Crippen LogP contribution in [0.3, 0.4) is 0 Å². The second-order valence-corrected chi connectivity index (χ2v) is 4.14. The lowest BCUT2D eigenvalue weighted by molar-refractivity contribution is 0.657. The number of nitrogen functional groups attached to an aromatic ring is 1. The first kappa shape index (κ1) is 7.17. The first-order valence-corrected chi connectivity index (χ1v) is 5.06. The minimum absolute atomic E-state index is 0.760. The van der Waals surface area contributed by atoms with Gasteiger partial charge in [-0.2, -0.15) is 0 Å². The Morgan fingerprint density at radius 2 is 2.55 bits per heavy atom. The minimum atomic E-state index is 0.760. The Morgan fingerprint density at radius 1 is 1.73 bits per heavy atom. The Morgan fingerprint density at radius 3 is 3.27 bits per heavy atom. The molecule has 0 fully saturated rings. The molecule has 0 aliphatic heterocycles. The van der Waals surface area contributed by atoms with Crippen molar-refractivity contribution < 1.29 is 0 Å². The average molecular weight is 167 g/mol. The molecule has 1 atom stereocenters. The molecule has 1 heterocycles. The summed E-state index contributed by atoms with van der Waals surface area (Å²) in [5.41, 5.74) is 8.37. The monoisotopic (exact) mass is 167 g/mol. The number of fused-ring (bicyclic) bond motifs is 1. The van der Waals surface area contributed by atoms with Crippen LogP contribution < -0.4 is 5.73 Å². The molecule has 1 aliphatic rings. The molecular formula is C9H13NS. The summed E-state index contributed by atoms with van der Waals surface area (Å²) in [7, 11) is 0. The van der Waals surface area contributed by atoms with E-state index in [9.17, 15) is 0 Å². The van der Waals surface area contributed by atoms with Gasteiger partial charge in [0, 0.05) is 15.9 Å². The molecule has 1 aliphatic carbocycles. The molecule has 11 heavy (non-hydrogen) atoms.